The van der Waals surface area contributed by atoms with Crippen molar-refractivity contribution < 1.29 is 9.69 Å². The summed E-state index contributed by atoms with van der Waals surface area (Å²) in [6.45, 7) is 6.72. The van der Waals surface area contributed by atoms with Gasteiger partial charge in [0.2, 0.25) is 0 Å². The molecule has 2 atom stereocenters. The topological polar surface area (TPSA) is 26.4 Å². The summed E-state index contributed by atoms with van der Waals surface area (Å²) in [6, 6.07) is 7.39. The largest absolute Gasteiger partial charge is 0.334 e. The van der Waals surface area contributed by atoms with E-state index < -0.39 is 0 Å². The van der Waals surface area contributed by atoms with E-state index in [1.54, 1.807) is 12.5 Å². The summed E-state index contributed by atoms with van der Waals surface area (Å²) in [5.41, 5.74) is 5.84. The number of benzene rings is 1. The molecule has 3 heteroatoms. The van der Waals surface area contributed by atoms with Crippen molar-refractivity contribution in [2.75, 3.05) is 13.1 Å². The highest BCUT2D eigenvalue weighted by atomic mass is 16.1. The number of hydrogen-bond acceptors (Lipinski definition) is 1. The molecule has 0 amide bonds. The molecule has 1 aromatic heterocycles. The van der Waals surface area contributed by atoms with Gasteiger partial charge in [0.05, 0.1) is 18.8 Å². The molecular weight excluding hydrogens is 260 g/mol. The summed E-state index contributed by atoms with van der Waals surface area (Å²) in [5, 5.41) is 1.46. The van der Waals surface area contributed by atoms with E-state index in [1.165, 1.54) is 46.3 Å². The molecule has 0 saturated carbocycles. The Bertz CT molecular complexity index is 728. The Morgan fingerprint density at radius 1 is 1.43 bits per heavy atom. The predicted octanol–water partition coefficient (Wildman–Crippen LogP) is 1.81. The number of quaternary nitrogens is 1. The lowest BCUT2D eigenvalue weighted by Crippen LogP contribution is -3.14. The number of ketones is 1. The second-order valence-electron chi connectivity index (χ2n) is 6.77. The van der Waals surface area contributed by atoms with Crippen LogP contribution in [0.5, 0.6) is 0 Å². The molecule has 4 rings (SSSR count). The van der Waals surface area contributed by atoms with Crippen LogP contribution < -0.4 is 4.90 Å². The van der Waals surface area contributed by atoms with E-state index in [2.05, 4.69) is 29.7 Å². The first-order valence-electron chi connectivity index (χ1n) is 8.11. The van der Waals surface area contributed by atoms with Gasteiger partial charge >= 0.3 is 0 Å². The number of rotatable bonds is 2. The third-order valence-corrected chi connectivity index (χ3v) is 5.24. The molecule has 2 aromatic rings. The molecule has 0 saturated heterocycles. The van der Waals surface area contributed by atoms with Crippen LogP contribution in [0.3, 0.4) is 0 Å². The van der Waals surface area contributed by atoms with Gasteiger partial charge in [-0.15, -0.1) is 0 Å². The first-order valence-corrected chi connectivity index (χ1v) is 8.11. The van der Waals surface area contributed by atoms with E-state index in [9.17, 15) is 4.79 Å². The summed E-state index contributed by atoms with van der Waals surface area (Å²) in [7, 11) is 0. The zero-order valence-corrected chi connectivity index (χ0v) is 12.9. The van der Waals surface area contributed by atoms with E-state index in [1.807, 2.05) is 0 Å². The molecule has 1 aliphatic heterocycles. The van der Waals surface area contributed by atoms with Crippen LogP contribution in [0.4, 0.5) is 0 Å². The van der Waals surface area contributed by atoms with Gasteiger partial charge in [0.25, 0.3) is 0 Å². The van der Waals surface area contributed by atoms with E-state index in [-0.39, 0.29) is 0 Å². The van der Waals surface area contributed by atoms with Crippen molar-refractivity contribution in [3.8, 4) is 0 Å². The number of hydrogen-bond donors (Lipinski definition) is 1. The zero-order valence-electron chi connectivity index (χ0n) is 12.9. The first-order chi connectivity index (χ1) is 10.1. The van der Waals surface area contributed by atoms with E-state index in [4.69, 9.17) is 0 Å². The van der Waals surface area contributed by atoms with Gasteiger partial charge in [-0.25, -0.2) is 0 Å². The van der Waals surface area contributed by atoms with E-state index in [0.29, 0.717) is 18.4 Å². The third kappa shape index (κ3) is 1.95. The number of carbonyl (C=O) groups is 1. The second kappa shape index (κ2) is 4.70. The van der Waals surface area contributed by atoms with Gasteiger partial charge in [-0.2, -0.15) is 0 Å². The van der Waals surface area contributed by atoms with E-state index in [0.717, 1.165) is 13.1 Å². The summed E-state index contributed by atoms with van der Waals surface area (Å²) >= 11 is 0. The number of aryl methyl sites for hydroxylation is 2. The maximum atomic E-state index is 11.6. The van der Waals surface area contributed by atoms with Crippen LogP contribution in [0.15, 0.2) is 18.2 Å². The number of aromatic nitrogens is 1. The Morgan fingerprint density at radius 2 is 2.29 bits per heavy atom. The maximum Gasteiger partial charge on any atom is 0.183 e. The summed E-state index contributed by atoms with van der Waals surface area (Å²) in [6.07, 6.45) is 3.68. The minimum Gasteiger partial charge on any atom is -0.334 e. The lowest BCUT2D eigenvalue weighted by Gasteiger charge is -2.36. The number of nitrogens with one attached hydrogen (secondary N) is 1. The summed E-state index contributed by atoms with van der Waals surface area (Å²) < 4.78 is 2.54. The first kappa shape index (κ1) is 13.1. The highest BCUT2D eigenvalue weighted by Crippen LogP contribution is 2.37. The molecule has 3 nitrogen and oxygen atoms in total. The van der Waals surface area contributed by atoms with Crippen LogP contribution in [0.1, 0.15) is 42.6 Å². The fraction of sp³-hybridized carbons (Fsp3) is 0.500. The van der Waals surface area contributed by atoms with Crippen molar-refractivity contribution in [1.82, 2.24) is 4.57 Å². The molecule has 0 radical (unpaired) electrons. The van der Waals surface area contributed by atoms with Crippen molar-refractivity contribution in [2.45, 2.75) is 45.7 Å². The monoisotopic (exact) mass is 283 g/mol. The minimum absolute atomic E-state index is 0.317. The van der Waals surface area contributed by atoms with Crippen molar-refractivity contribution in [1.29, 1.82) is 0 Å². The van der Waals surface area contributed by atoms with Gasteiger partial charge in [-0.3, -0.25) is 4.79 Å². The van der Waals surface area contributed by atoms with Crippen molar-refractivity contribution >= 4 is 16.7 Å². The molecule has 0 fully saturated rings. The lowest BCUT2D eigenvalue weighted by molar-refractivity contribution is -0.929. The summed E-state index contributed by atoms with van der Waals surface area (Å²) in [4.78, 5) is 13.1. The molecule has 21 heavy (non-hydrogen) atoms. The van der Waals surface area contributed by atoms with Gasteiger partial charge in [0.1, 0.15) is 12.6 Å². The van der Waals surface area contributed by atoms with E-state index >= 15 is 0 Å². The lowest BCUT2D eigenvalue weighted by atomic mass is 9.89. The molecule has 1 unspecified atom stereocenters. The average Bonchev–Trinajstić information content (AvgIpc) is 2.77. The highest BCUT2D eigenvalue weighted by molar-refractivity contribution is 5.87. The van der Waals surface area contributed by atoms with Crippen LogP contribution >= 0.6 is 0 Å². The number of carbonyl (C=O) groups excluding carboxylic acids is 1. The number of Topliss-reactive ketones (excluding diaryl/α,β-unsaturated/α-hetero) is 1. The summed E-state index contributed by atoms with van der Waals surface area (Å²) in [5.74, 6) is 0.317. The van der Waals surface area contributed by atoms with Gasteiger partial charge < -0.3 is 9.47 Å². The SMILES string of the molecule is CC(=O)C[NH+]1CCn2c3c(c4cc(C)ccc42)CCC[C@H]31. The average molecular weight is 283 g/mol. The van der Waals surface area contributed by atoms with Crippen molar-refractivity contribution in [3.05, 3.63) is 35.0 Å². The number of nitrogens with zero attached hydrogens (tertiary/aromatic N) is 1. The fourth-order valence-corrected chi connectivity index (χ4v) is 4.44. The third-order valence-electron chi connectivity index (χ3n) is 5.24. The standard InChI is InChI=1S/C18H22N2O/c1-12-6-7-16-15(10-12)14-4-3-5-17-18(14)20(16)9-8-19(17)11-13(2)21/h6-7,10,17H,3-5,8-9,11H2,1-2H3/p+1/t17-/m1/s1. The Kier molecular flexibility index (Phi) is 2.93. The van der Waals surface area contributed by atoms with Crippen LogP contribution in [-0.4, -0.2) is 23.4 Å². The van der Waals surface area contributed by atoms with Gasteiger partial charge in [-0.1, -0.05) is 11.6 Å². The molecule has 1 N–H and O–H groups in total. The van der Waals surface area contributed by atoms with Crippen molar-refractivity contribution in [3.63, 3.8) is 0 Å². The predicted molar refractivity (Wildman–Crippen MR) is 83.7 cm³/mol. The molecule has 2 aliphatic rings. The normalized spacial score (nSPS) is 24.1. The Morgan fingerprint density at radius 3 is 3.10 bits per heavy atom. The smallest absolute Gasteiger partial charge is 0.183 e. The minimum atomic E-state index is 0.317. The molecule has 1 aromatic carbocycles. The molecule has 110 valence electrons. The highest BCUT2D eigenvalue weighted by Gasteiger charge is 2.37. The molecule has 1 aliphatic carbocycles. The zero-order chi connectivity index (χ0) is 14.6. The molecule has 0 spiro atoms. The fourth-order valence-electron chi connectivity index (χ4n) is 4.44. The number of fused-ring (bicyclic) bond motifs is 3. The van der Waals surface area contributed by atoms with Crippen molar-refractivity contribution in [2.24, 2.45) is 0 Å². The maximum absolute atomic E-state index is 11.6. The van der Waals surface area contributed by atoms with Crippen LogP contribution in [0.25, 0.3) is 10.9 Å². The van der Waals surface area contributed by atoms with Gasteiger partial charge in [0, 0.05) is 24.2 Å². The quantitative estimate of drug-likeness (QED) is 0.894. The van der Waals surface area contributed by atoms with Crippen LogP contribution in [-0.2, 0) is 17.8 Å². The Labute approximate surface area is 125 Å². The van der Waals surface area contributed by atoms with Gasteiger partial charge in [-0.05, 0) is 37.5 Å². The Balaban J connectivity index is 1.90. The van der Waals surface area contributed by atoms with Gasteiger partial charge in [0.15, 0.2) is 5.78 Å². The van der Waals surface area contributed by atoms with Crippen LogP contribution in [0, 0.1) is 6.92 Å². The van der Waals surface area contributed by atoms with Crippen LogP contribution in [0.2, 0.25) is 0 Å². The second-order valence-corrected chi connectivity index (χ2v) is 6.77. The molecule has 2 heterocycles. The molecular formula is C18H23N2O+. The Hall–Kier alpha value is -1.61. The molecule has 0 bridgehead atoms.